The van der Waals surface area contributed by atoms with E-state index in [0.717, 1.165) is 9.80 Å². The average molecular weight is 1110 g/mol. The molecule has 78 heavy (non-hydrogen) atoms. The summed E-state index contributed by atoms with van der Waals surface area (Å²) < 4.78 is 47.1. The predicted molar refractivity (Wildman–Crippen MR) is 280 cm³/mol. The van der Waals surface area contributed by atoms with E-state index in [9.17, 15) is 49.2 Å². The Bertz CT molecular complexity index is 2170. The maximum atomic E-state index is 14.3. The van der Waals surface area contributed by atoms with Gasteiger partial charge in [0.15, 0.2) is 11.9 Å². The largest absolute Gasteiger partial charge is 0.491 e. The third kappa shape index (κ3) is 18.0. The van der Waals surface area contributed by atoms with E-state index in [1.807, 2.05) is 0 Å². The van der Waals surface area contributed by atoms with Gasteiger partial charge in [-0.1, -0.05) is 0 Å². The molecule has 0 bridgehead atoms. The van der Waals surface area contributed by atoms with Crippen molar-refractivity contribution in [2.24, 2.45) is 11.8 Å². The number of ether oxygens (including phenoxy) is 8. The summed E-state index contributed by atoms with van der Waals surface area (Å²) in [4.78, 5) is 82.7. The van der Waals surface area contributed by atoms with Crippen LogP contribution in [0.4, 0.5) is 24.0 Å². The molecule has 0 radical (unpaired) electrons. The Balaban J connectivity index is 1.51. The first kappa shape index (κ1) is 63.9. The summed E-state index contributed by atoms with van der Waals surface area (Å²) in [5, 5.41) is 63.3. The van der Waals surface area contributed by atoms with Crippen molar-refractivity contribution in [2.45, 2.75) is 237 Å². The molecule has 25 nitrogen and oxygen atoms in total. The van der Waals surface area contributed by atoms with Crippen molar-refractivity contribution in [3.63, 3.8) is 0 Å². The van der Waals surface area contributed by atoms with Crippen molar-refractivity contribution in [3.8, 4) is 0 Å². The summed E-state index contributed by atoms with van der Waals surface area (Å²) in [6, 6.07) is -4.96. The molecule has 2 aliphatic carbocycles. The van der Waals surface area contributed by atoms with Gasteiger partial charge in [-0.05, 0) is 155 Å². The quantitative estimate of drug-likeness (QED) is 0.120. The Hall–Kier alpha value is -4.92. The molecule has 3 aliphatic heterocycles. The van der Waals surface area contributed by atoms with E-state index in [0.29, 0.717) is 25.1 Å². The summed E-state index contributed by atoms with van der Waals surface area (Å²) >= 11 is 0. The number of likely N-dealkylation sites (N-methyl/N-ethyl adjacent to an activating group) is 1. The number of aliphatic hydroxyl groups excluding tert-OH is 2. The van der Waals surface area contributed by atoms with E-state index in [1.165, 1.54) is 14.0 Å². The van der Waals surface area contributed by atoms with Crippen molar-refractivity contribution in [1.82, 2.24) is 36.4 Å². The van der Waals surface area contributed by atoms with E-state index < -0.39 is 156 Å². The lowest BCUT2D eigenvalue weighted by molar-refractivity contribution is -0.306. The van der Waals surface area contributed by atoms with Crippen LogP contribution in [-0.2, 0) is 42.7 Å². The van der Waals surface area contributed by atoms with Crippen LogP contribution in [0.15, 0.2) is 11.8 Å². The zero-order chi connectivity index (χ0) is 58.9. The van der Waals surface area contributed by atoms with Crippen molar-refractivity contribution in [1.29, 1.82) is 0 Å². The van der Waals surface area contributed by atoms with Gasteiger partial charge in [0.05, 0.1) is 50.5 Å². The van der Waals surface area contributed by atoms with Crippen LogP contribution in [0.3, 0.4) is 0 Å². The number of carbonyl (C=O) groups is 6. The smallest absolute Gasteiger partial charge is 0.410 e. The predicted octanol–water partition coefficient (Wildman–Crippen LogP) is 3.28. The molecule has 11 atom stereocenters. The summed E-state index contributed by atoms with van der Waals surface area (Å²) in [6.07, 6.45) is -9.00. The molecule has 9 N–H and O–H groups in total. The number of nitrogens with one attached hydrogen (secondary N) is 5. The molecule has 6 amide bonds. The molecule has 0 aromatic rings. The molecule has 4 fully saturated rings. The summed E-state index contributed by atoms with van der Waals surface area (Å²) in [7, 11) is 1.32. The average Bonchev–Trinajstić information content (AvgIpc) is 3.20. The fourth-order valence-corrected chi connectivity index (χ4v) is 10.1. The third-order valence-electron chi connectivity index (χ3n) is 13.3. The van der Waals surface area contributed by atoms with Gasteiger partial charge in [0, 0.05) is 25.0 Å². The molecule has 2 saturated heterocycles. The minimum Gasteiger partial charge on any atom is -0.491 e. The van der Waals surface area contributed by atoms with Crippen molar-refractivity contribution in [3.05, 3.63) is 11.8 Å². The molecule has 2 saturated carbocycles. The normalized spacial score (nSPS) is 31.3. The first-order chi connectivity index (χ1) is 35.5. The number of carbonyl (C=O) groups excluding carboxylic acids is 6. The molecule has 5 aliphatic rings. The number of likely N-dealkylation sites (tertiary alicyclic amines) is 1. The fourth-order valence-electron chi connectivity index (χ4n) is 10.1. The van der Waals surface area contributed by atoms with Crippen LogP contribution >= 0.6 is 0 Å². The van der Waals surface area contributed by atoms with Crippen molar-refractivity contribution < 1.29 is 87.1 Å². The number of hydrogen-bond donors (Lipinski definition) is 9. The van der Waals surface area contributed by atoms with Crippen LogP contribution in [0.5, 0.6) is 0 Å². The van der Waals surface area contributed by atoms with E-state index in [2.05, 4.69) is 26.6 Å². The molecule has 0 spiro atoms. The second-order valence-corrected chi connectivity index (χ2v) is 26.7. The topological polar surface area (TPSA) is 324 Å². The molecule has 5 rings (SSSR count). The standard InChI is InChI=1S/C53H91N7O18/c1-47(2,3)74-42(64)55-29-20-28(21-29)23-54-24-30-18-19-31(57-43(65)75-48(4,5)6)37(72-30)34-32(58-44(66)76-49(7,8)9)22-33(56-41(63)53(70)25-60(26-53)46(68)78-51(13,14)15)38(35(34)61)73-40-36(62)39(52(16,69)27-71-40)59(17)45(67)77-50(10,11)12/h18,28-29,31-40,54,61-62,69-70H,19-27H2,1-17H3,(H,55,64)(H,56,63)(H,57,65)(H,58,66)/t28-,29-,31-,32+,33-,34?,35+,36-,37+,38+,39-,40-,52+/m1/s1. The van der Waals surface area contributed by atoms with Crippen LogP contribution in [0.1, 0.15) is 136 Å². The molecule has 0 aromatic heterocycles. The lowest BCUT2D eigenvalue weighted by Gasteiger charge is -2.52. The van der Waals surface area contributed by atoms with Gasteiger partial charge in [0.2, 0.25) is 0 Å². The van der Waals surface area contributed by atoms with E-state index >= 15 is 0 Å². The lowest BCUT2D eigenvalue weighted by atomic mass is 9.72. The molecule has 3 heterocycles. The minimum atomic E-state index is -2.16. The number of amides is 6. The summed E-state index contributed by atoms with van der Waals surface area (Å²) in [6.45, 7) is 26.0. The number of hydrogen-bond acceptors (Lipinski definition) is 19. The van der Waals surface area contributed by atoms with Gasteiger partial charge in [0.25, 0.3) is 5.91 Å². The Morgan fingerprint density at radius 1 is 0.692 bits per heavy atom. The fraction of sp³-hybridized carbons (Fsp3) is 0.849. The highest BCUT2D eigenvalue weighted by Crippen LogP contribution is 2.40. The van der Waals surface area contributed by atoms with Gasteiger partial charge in [-0.2, -0.15) is 0 Å². The van der Waals surface area contributed by atoms with Crippen molar-refractivity contribution in [2.75, 3.05) is 39.8 Å². The maximum absolute atomic E-state index is 14.3. The van der Waals surface area contributed by atoms with E-state index in [-0.39, 0.29) is 31.3 Å². The van der Waals surface area contributed by atoms with Gasteiger partial charge in [-0.3, -0.25) is 4.79 Å². The van der Waals surface area contributed by atoms with Gasteiger partial charge < -0.3 is 94.7 Å². The molecule has 25 heteroatoms. The van der Waals surface area contributed by atoms with Crippen LogP contribution in [0, 0.1) is 11.8 Å². The second-order valence-electron chi connectivity index (χ2n) is 26.7. The SMILES string of the molecule is CN(C(=O)OC(C)(C)C)[C@@H]1[C@@H](O)[C@@H](O[C@H]2[C@H](NC(=O)C3(O)CN(C(=O)OC(C)(C)C)C3)C[C@H](NC(=O)OC(C)(C)C)C([C@H]3OC(CNC[C@H]4C[C@H](NC(=O)OC(C)(C)C)C4)=CC[C@H]3NC(=O)OC(C)(C)C)[C@@H]2O)OC[C@]1(C)O. The number of rotatable bonds is 13. The highest BCUT2D eigenvalue weighted by atomic mass is 16.7. The Kier molecular flexibility index (Phi) is 19.7. The van der Waals surface area contributed by atoms with Crippen molar-refractivity contribution >= 4 is 36.4 Å². The zero-order valence-corrected chi connectivity index (χ0v) is 48.8. The van der Waals surface area contributed by atoms with Gasteiger partial charge in [0.1, 0.15) is 57.7 Å². The van der Waals surface area contributed by atoms with E-state index in [1.54, 1.807) is 110 Å². The molecular weight excluding hydrogens is 1020 g/mol. The minimum absolute atomic E-state index is 0.0551. The molecule has 1 unspecified atom stereocenters. The lowest BCUT2D eigenvalue weighted by Crippen LogP contribution is -2.74. The number of nitrogens with zero attached hydrogens (tertiary/aromatic N) is 2. The molecule has 446 valence electrons. The highest BCUT2D eigenvalue weighted by molar-refractivity contribution is 5.89. The Morgan fingerprint density at radius 3 is 1.73 bits per heavy atom. The van der Waals surface area contributed by atoms with Gasteiger partial charge in [-0.15, -0.1) is 0 Å². The zero-order valence-electron chi connectivity index (χ0n) is 48.8. The van der Waals surface area contributed by atoms with Gasteiger partial charge >= 0.3 is 30.5 Å². The third-order valence-corrected chi connectivity index (χ3v) is 13.3. The maximum Gasteiger partial charge on any atom is 0.410 e. The second kappa shape index (κ2) is 24.0. The number of alkyl carbamates (subject to hydrolysis) is 3. The van der Waals surface area contributed by atoms with Crippen LogP contribution in [-0.4, -0.2) is 207 Å². The van der Waals surface area contributed by atoms with Crippen LogP contribution in [0.2, 0.25) is 0 Å². The summed E-state index contributed by atoms with van der Waals surface area (Å²) in [5.41, 5.74) is -8.44. The first-order valence-electron chi connectivity index (χ1n) is 26.9. The molecular formula is C53H91N7O18. The Labute approximate surface area is 458 Å². The molecule has 0 aromatic carbocycles. The monoisotopic (exact) mass is 1110 g/mol. The van der Waals surface area contributed by atoms with E-state index in [4.69, 9.17) is 37.9 Å². The highest BCUT2D eigenvalue weighted by Gasteiger charge is 2.58. The first-order valence-corrected chi connectivity index (χ1v) is 26.9. The van der Waals surface area contributed by atoms with Crippen LogP contribution < -0.4 is 26.6 Å². The van der Waals surface area contributed by atoms with Gasteiger partial charge in [-0.25, -0.2) is 24.0 Å². The van der Waals surface area contributed by atoms with Crippen LogP contribution in [0.25, 0.3) is 0 Å². The summed E-state index contributed by atoms with van der Waals surface area (Å²) in [5.74, 6) is -1.61. The number of β-amino-alcohol motifs (C(OH)–C–C–N with tert-alkyl or cyclic N) is 1. The Morgan fingerprint density at radius 2 is 1.21 bits per heavy atom. The number of aliphatic hydroxyl groups is 4.